The molecule has 164 valence electrons. The van der Waals surface area contributed by atoms with E-state index in [1.165, 1.54) is 22.9 Å². The van der Waals surface area contributed by atoms with Crippen molar-refractivity contribution in [2.24, 2.45) is 5.41 Å². The Kier molecular flexibility index (Phi) is 36.8. The number of aromatic nitrogens is 1. The predicted molar refractivity (Wildman–Crippen MR) is 135 cm³/mol. The molecule has 1 aromatic carbocycles. The van der Waals surface area contributed by atoms with Gasteiger partial charge in [-0.3, -0.25) is 4.98 Å². The lowest BCUT2D eigenvalue weighted by atomic mass is 10.0. The Balaban J connectivity index is -0.0000000636. The van der Waals surface area contributed by atoms with Gasteiger partial charge < -0.3 is 0 Å². The first-order chi connectivity index (χ1) is 11.2. The Morgan fingerprint density at radius 1 is 0.778 bits per heavy atom. The molecule has 0 spiro atoms. The molecule has 0 unspecified atom stereocenters. The Labute approximate surface area is 175 Å². The first kappa shape index (κ1) is 40.3. The van der Waals surface area contributed by atoms with E-state index in [1.807, 2.05) is 40.0 Å². The van der Waals surface area contributed by atoms with E-state index in [4.69, 9.17) is 0 Å². The van der Waals surface area contributed by atoms with Crippen LogP contribution in [0.2, 0.25) is 0 Å². The number of rotatable bonds is 0. The largest absolute Gasteiger partial charge is 0.256 e. The van der Waals surface area contributed by atoms with E-state index in [9.17, 15) is 0 Å². The van der Waals surface area contributed by atoms with Crippen LogP contribution in [0, 0.1) is 19.3 Å². The zero-order chi connectivity index (χ0) is 19.8. The second-order valence-corrected chi connectivity index (χ2v) is 6.86. The molecular weight excluding hydrogens is 326 g/mol. The first-order valence-corrected chi connectivity index (χ1v) is 9.51. The van der Waals surface area contributed by atoms with Crippen LogP contribution in [0.1, 0.15) is 109 Å². The standard InChI is InChI=1S/C11H11N.C5H12.C3H8.2C2H6.3CH4/c1-8-3-4-11-10(7-8)9(2)5-6-12-11;1-5(2,3)4;1-3-2;2*1-2;;;/h3-7H,1-2H3;1-4H3;3H2,1-2H3;2*1-2H3;3*1H4. The van der Waals surface area contributed by atoms with Crippen molar-refractivity contribution in [2.75, 3.05) is 0 Å². The highest BCUT2D eigenvalue weighted by molar-refractivity contribution is 5.82. The summed E-state index contributed by atoms with van der Waals surface area (Å²) in [6, 6.07) is 8.38. The van der Waals surface area contributed by atoms with Gasteiger partial charge in [-0.25, -0.2) is 0 Å². The van der Waals surface area contributed by atoms with Gasteiger partial charge in [0.2, 0.25) is 0 Å². The van der Waals surface area contributed by atoms with Crippen molar-refractivity contribution in [1.82, 2.24) is 4.98 Å². The highest BCUT2D eigenvalue weighted by Gasteiger charge is 1.96. The SMILES string of the molecule is C.C.C.CC.CC.CC(C)(C)C.CCC.Cc1ccc2nccc(C)c2c1. The summed E-state index contributed by atoms with van der Waals surface area (Å²) in [6.45, 7) is 25.2. The van der Waals surface area contributed by atoms with Crippen molar-refractivity contribution in [3.8, 4) is 0 Å². The number of pyridine rings is 1. The molecule has 0 atom stereocenters. The summed E-state index contributed by atoms with van der Waals surface area (Å²) in [5.41, 5.74) is 4.17. The maximum Gasteiger partial charge on any atom is 0.0704 e. The summed E-state index contributed by atoms with van der Waals surface area (Å²) in [5, 5.41) is 1.26. The topological polar surface area (TPSA) is 12.9 Å². The second-order valence-electron chi connectivity index (χ2n) is 6.86. The second kappa shape index (κ2) is 24.6. The van der Waals surface area contributed by atoms with Gasteiger partial charge in [0, 0.05) is 11.6 Å². The molecule has 0 aliphatic carbocycles. The lowest BCUT2D eigenvalue weighted by Crippen LogP contribution is -1.93. The molecule has 0 saturated carbocycles. The predicted octanol–water partition coefficient (Wildman–Crippen LogP) is 10.3. The van der Waals surface area contributed by atoms with Gasteiger partial charge in [0.1, 0.15) is 0 Å². The fourth-order valence-electron chi connectivity index (χ4n) is 1.40. The third kappa shape index (κ3) is 27.0. The van der Waals surface area contributed by atoms with Crippen LogP contribution >= 0.6 is 0 Å². The highest BCUT2D eigenvalue weighted by Crippen LogP contribution is 2.16. The maximum absolute atomic E-state index is 4.28. The molecule has 27 heavy (non-hydrogen) atoms. The normalized spacial score (nSPS) is 8.00. The number of hydrogen-bond donors (Lipinski definition) is 0. The van der Waals surface area contributed by atoms with Crippen LogP contribution in [0.3, 0.4) is 0 Å². The Morgan fingerprint density at radius 2 is 1.15 bits per heavy atom. The van der Waals surface area contributed by atoms with Crippen LogP contribution in [-0.2, 0) is 0 Å². The molecule has 2 aromatic rings. The lowest BCUT2D eigenvalue weighted by Gasteiger charge is -2.05. The fourth-order valence-corrected chi connectivity index (χ4v) is 1.40. The van der Waals surface area contributed by atoms with Crippen LogP contribution in [0.4, 0.5) is 0 Å². The fraction of sp³-hybridized carbons (Fsp3) is 0.654. The van der Waals surface area contributed by atoms with Crippen LogP contribution in [0.5, 0.6) is 0 Å². The van der Waals surface area contributed by atoms with Crippen LogP contribution in [-0.4, -0.2) is 4.98 Å². The summed E-state index contributed by atoms with van der Waals surface area (Å²) in [5.74, 6) is 0. The Bertz CT molecular complexity index is 501. The molecular formula is C26H55N. The van der Waals surface area contributed by atoms with E-state index in [0.717, 1.165) is 5.52 Å². The van der Waals surface area contributed by atoms with E-state index in [0.29, 0.717) is 5.41 Å². The molecule has 0 aliphatic heterocycles. The van der Waals surface area contributed by atoms with Gasteiger partial charge in [-0.2, -0.15) is 0 Å². The maximum atomic E-state index is 4.28. The monoisotopic (exact) mass is 381 g/mol. The van der Waals surface area contributed by atoms with E-state index in [-0.39, 0.29) is 22.3 Å². The number of fused-ring (bicyclic) bond motifs is 1. The third-order valence-electron chi connectivity index (χ3n) is 2.12. The molecule has 0 amide bonds. The van der Waals surface area contributed by atoms with Gasteiger partial charge in [0.25, 0.3) is 0 Å². The van der Waals surface area contributed by atoms with E-state index in [1.54, 1.807) is 0 Å². The van der Waals surface area contributed by atoms with Crippen LogP contribution in [0.25, 0.3) is 10.9 Å². The van der Waals surface area contributed by atoms with Crippen molar-refractivity contribution >= 4 is 10.9 Å². The number of benzene rings is 1. The minimum absolute atomic E-state index is 0. The van der Waals surface area contributed by atoms with Gasteiger partial charge in [-0.05, 0) is 43.0 Å². The lowest BCUT2D eigenvalue weighted by molar-refractivity contribution is 0.469. The van der Waals surface area contributed by atoms with Crippen molar-refractivity contribution in [3.63, 3.8) is 0 Å². The smallest absolute Gasteiger partial charge is 0.0704 e. The van der Waals surface area contributed by atoms with Gasteiger partial charge in [0.05, 0.1) is 5.52 Å². The minimum atomic E-state index is 0. The average molecular weight is 382 g/mol. The molecule has 2 rings (SSSR count). The van der Waals surface area contributed by atoms with Crippen molar-refractivity contribution in [1.29, 1.82) is 0 Å². The first-order valence-electron chi connectivity index (χ1n) is 9.51. The van der Waals surface area contributed by atoms with E-state index < -0.39 is 0 Å². The average Bonchev–Trinajstić information content (AvgIpc) is 2.51. The number of aryl methyl sites for hydroxylation is 2. The molecule has 1 heterocycles. The number of nitrogens with zero attached hydrogens (tertiary/aromatic N) is 1. The summed E-state index contributed by atoms with van der Waals surface area (Å²) < 4.78 is 0. The Hall–Kier alpha value is -1.37. The molecule has 0 radical (unpaired) electrons. The summed E-state index contributed by atoms with van der Waals surface area (Å²) >= 11 is 0. The van der Waals surface area contributed by atoms with Crippen molar-refractivity contribution in [3.05, 3.63) is 41.6 Å². The molecule has 1 heteroatoms. The van der Waals surface area contributed by atoms with E-state index >= 15 is 0 Å². The van der Waals surface area contributed by atoms with Crippen molar-refractivity contribution < 1.29 is 0 Å². The summed E-state index contributed by atoms with van der Waals surface area (Å²) in [6.07, 6.45) is 3.10. The third-order valence-corrected chi connectivity index (χ3v) is 2.12. The molecule has 0 bridgehead atoms. The van der Waals surface area contributed by atoms with Gasteiger partial charge >= 0.3 is 0 Å². The molecule has 0 fully saturated rings. The molecule has 0 saturated heterocycles. The highest BCUT2D eigenvalue weighted by atomic mass is 14.6. The molecule has 1 aromatic heterocycles. The summed E-state index contributed by atoms with van der Waals surface area (Å²) in [7, 11) is 0. The van der Waals surface area contributed by atoms with Gasteiger partial charge in [-0.1, -0.05) is 110 Å². The molecule has 0 aliphatic rings. The molecule has 0 N–H and O–H groups in total. The zero-order valence-corrected chi connectivity index (χ0v) is 18.5. The van der Waals surface area contributed by atoms with Crippen molar-refractivity contribution in [2.45, 2.75) is 112 Å². The van der Waals surface area contributed by atoms with Crippen LogP contribution in [0.15, 0.2) is 30.5 Å². The quantitative estimate of drug-likeness (QED) is 0.442. The van der Waals surface area contributed by atoms with Gasteiger partial charge in [-0.15, -0.1) is 0 Å². The zero-order valence-electron chi connectivity index (χ0n) is 18.5. The molecule has 1 nitrogen and oxygen atoms in total. The van der Waals surface area contributed by atoms with E-state index in [2.05, 4.69) is 78.6 Å². The Morgan fingerprint density at radius 3 is 1.52 bits per heavy atom. The van der Waals surface area contributed by atoms with Gasteiger partial charge in [0.15, 0.2) is 0 Å². The minimum Gasteiger partial charge on any atom is -0.256 e. The van der Waals surface area contributed by atoms with Crippen LogP contribution < -0.4 is 0 Å². The summed E-state index contributed by atoms with van der Waals surface area (Å²) in [4.78, 5) is 4.28. The number of hydrogen-bond acceptors (Lipinski definition) is 1.